The summed E-state index contributed by atoms with van der Waals surface area (Å²) in [4.78, 5) is 25.9. The van der Waals surface area contributed by atoms with Crippen molar-refractivity contribution in [2.45, 2.75) is 4.90 Å². The first-order valence-electron chi connectivity index (χ1n) is 8.40. The monoisotopic (exact) mass is 405 g/mol. The molecule has 0 heterocycles. The Morgan fingerprint density at radius 3 is 2.29 bits per heavy atom. The number of para-hydroxylation sites is 1. The molecule has 2 N–H and O–H groups in total. The van der Waals surface area contributed by atoms with Gasteiger partial charge in [0.1, 0.15) is 5.75 Å². The van der Waals surface area contributed by atoms with Gasteiger partial charge in [-0.3, -0.25) is 14.5 Å². The van der Waals surface area contributed by atoms with Gasteiger partial charge in [0.15, 0.2) is 9.84 Å². The van der Waals surface area contributed by atoms with Crippen molar-refractivity contribution in [2.24, 2.45) is 0 Å². The van der Waals surface area contributed by atoms with Gasteiger partial charge in [-0.15, -0.1) is 0 Å². The number of carbonyl (C=O) groups excluding carboxylic acids is 2. The van der Waals surface area contributed by atoms with Crippen LogP contribution in [0.1, 0.15) is 0 Å². The van der Waals surface area contributed by atoms with Crippen LogP contribution in [0.2, 0.25) is 0 Å². The molecule has 2 aromatic rings. The molecule has 150 valence electrons. The molecule has 0 aromatic heterocycles. The van der Waals surface area contributed by atoms with Crippen molar-refractivity contribution < 1.29 is 22.7 Å². The standard InChI is InChI=1S/C19H23N3O5S/c1-22(12-18(23)20-14-7-6-8-15(11-14)27-2)13-19(24)21-16-9-4-5-10-17(16)28(3,25)26/h4-11H,12-13H2,1-3H3,(H,20,23)(H,21,24). The van der Waals surface area contributed by atoms with E-state index in [4.69, 9.17) is 4.74 Å². The van der Waals surface area contributed by atoms with Crippen molar-refractivity contribution >= 4 is 33.0 Å². The van der Waals surface area contributed by atoms with Crippen molar-refractivity contribution in [3.8, 4) is 5.75 Å². The molecule has 0 aliphatic heterocycles. The third-order valence-corrected chi connectivity index (χ3v) is 4.90. The SMILES string of the molecule is COc1cccc(NC(=O)CN(C)CC(=O)Nc2ccccc2S(C)(=O)=O)c1. The smallest absolute Gasteiger partial charge is 0.238 e. The predicted molar refractivity (Wildman–Crippen MR) is 107 cm³/mol. The molecule has 2 amide bonds. The molecule has 0 aliphatic carbocycles. The lowest BCUT2D eigenvalue weighted by Crippen LogP contribution is -2.36. The maximum absolute atomic E-state index is 12.2. The highest BCUT2D eigenvalue weighted by atomic mass is 32.2. The van der Waals surface area contributed by atoms with E-state index in [-0.39, 0.29) is 29.6 Å². The largest absolute Gasteiger partial charge is 0.497 e. The Hall–Kier alpha value is -2.91. The van der Waals surface area contributed by atoms with Gasteiger partial charge in [0.2, 0.25) is 11.8 Å². The Balaban J connectivity index is 1.91. The first-order chi connectivity index (χ1) is 13.2. The first-order valence-corrected chi connectivity index (χ1v) is 10.3. The van der Waals surface area contributed by atoms with Gasteiger partial charge in [-0.25, -0.2) is 8.42 Å². The Labute approximate surface area is 164 Å². The molecule has 0 unspecified atom stereocenters. The molecule has 0 aliphatic rings. The van der Waals surface area contributed by atoms with Crippen LogP contribution < -0.4 is 15.4 Å². The average molecular weight is 405 g/mol. The highest BCUT2D eigenvalue weighted by molar-refractivity contribution is 7.90. The number of anilines is 2. The Bertz CT molecular complexity index is 960. The number of benzene rings is 2. The maximum Gasteiger partial charge on any atom is 0.238 e. The average Bonchev–Trinajstić information content (AvgIpc) is 2.60. The van der Waals surface area contributed by atoms with Crippen LogP contribution in [-0.4, -0.2) is 58.6 Å². The fraction of sp³-hybridized carbons (Fsp3) is 0.263. The highest BCUT2D eigenvalue weighted by Gasteiger charge is 2.16. The normalized spacial score (nSPS) is 11.1. The molecule has 9 heteroatoms. The summed E-state index contributed by atoms with van der Waals surface area (Å²) in [5.74, 6) is -0.0945. The van der Waals surface area contributed by atoms with Gasteiger partial charge >= 0.3 is 0 Å². The molecule has 2 aromatic carbocycles. The molecular formula is C19H23N3O5S. The third-order valence-electron chi connectivity index (χ3n) is 3.74. The number of hydrogen-bond acceptors (Lipinski definition) is 6. The van der Waals surface area contributed by atoms with Crippen molar-refractivity contribution in [1.29, 1.82) is 0 Å². The summed E-state index contributed by atoms with van der Waals surface area (Å²) in [6, 6.07) is 13.1. The van der Waals surface area contributed by atoms with E-state index in [0.29, 0.717) is 11.4 Å². The van der Waals surface area contributed by atoms with Gasteiger partial charge in [0.25, 0.3) is 0 Å². The topological polar surface area (TPSA) is 105 Å². The number of nitrogens with zero attached hydrogens (tertiary/aromatic N) is 1. The van der Waals surface area contributed by atoms with E-state index in [2.05, 4.69) is 10.6 Å². The van der Waals surface area contributed by atoms with E-state index in [1.54, 1.807) is 43.4 Å². The second kappa shape index (κ2) is 9.34. The number of ether oxygens (including phenoxy) is 1. The van der Waals surface area contributed by atoms with Crippen LogP contribution in [-0.2, 0) is 19.4 Å². The van der Waals surface area contributed by atoms with Crippen molar-refractivity contribution in [2.75, 3.05) is 44.1 Å². The molecular weight excluding hydrogens is 382 g/mol. The molecule has 0 spiro atoms. The van der Waals surface area contributed by atoms with Gasteiger partial charge in [-0.05, 0) is 31.3 Å². The molecule has 0 radical (unpaired) electrons. The maximum atomic E-state index is 12.2. The lowest BCUT2D eigenvalue weighted by molar-refractivity contribution is -0.119. The van der Waals surface area contributed by atoms with Crippen LogP contribution in [0, 0.1) is 0 Å². The van der Waals surface area contributed by atoms with Crippen LogP contribution in [0.5, 0.6) is 5.75 Å². The van der Waals surface area contributed by atoms with E-state index in [1.807, 2.05) is 0 Å². The summed E-state index contributed by atoms with van der Waals surface area (Å²) < 4.78 is 28.7. The Morgan fingerprint density at radius 1 is 1.00 bits per heavy atom. The van der Waals surface area contributed by atoms with E-state index in [1.165, 1.54) is 24.1 Å². The zero-order chi connectivity index (χ0) is 20.7. The fourth-order valence-electron chi connectivity index (χ4n) is 2.53. The second-order valence-electron chi connectivity index (χ2n) is 6.27. The van der Waals surface area contributed by atoms with Gasteiger partial charge in [0.05, 0.1) is 30.8 Å². The van der Waals surface area contributed by atoms with Crippen LogP contribution in [0.15, 0.2) is 53.4 Å². The lowest BCUT2D eigenvalue weighted by Gasteiger charge is -2.17. The van der Waals surface area contributed by atoms with E-state index >= 15 is 0 Å². The van der Waals surface area contributed by atoms with Gasteiger partial charge < -0.3 is 15.4 Å². The zero-order valence-electron chi connectivity index (χ0n) is 15.9. The minimum Gasteiger partial charge on any atom is -0.497 e. The summed E-state index contributed by atoms with van der Waals surface area (Å²) in [6.07, 6.45) is 1.08. The number of likely N-dealkylation sites (N-methyl/N-ethyl adjacent to an activating group) is 1. The molecule has 0 fully saturated rings. The minimum absolute atomic E-state index is 0.0155. The number of carbonyl (C=O) groups is 2. The zero-order valence-corrected chi connectivity index (χ0v) is 16.7. The summed E-state index contributed by atoms with van der Waals surface area (Å²) in [5.41, 5.74) is 0.800. The predicted octanol–water partition coefficient (Wildman–Crippen LogP) is 1.61. The number of amides is 2. The molecule has 0 saturated carbocycles. The molecule has 0 atom stereocenters. The fourth-order valence-corrected chi connectivity index (χ4v) is 3.37. The minimum atomic E-state index is -3.47. The molecule has 8 nitrogen and oxygen atoms in total. The summed E-state index contributed by atoms with van der Waals surface area (Å²) in [7, 11) is -0.314. The van der Waals surface area contributed by atoms with Crippen molar-refractivity contribution in [3.63, 3.8) is 0 Å². The molecule has 0 bridgehead atoms. The Kier molecular flexibility index (Phi) is 7.13. The van der Waals surface area contributed by atoms with E-state index in [0.717, 1.165) is 6.26 Å². The molecule has 0 saturated heterocycles. The molecule has 28 heavy (non-hydrogen) atoms. The van der Waals surface area contributed by atoms with Crippen LogP contribution in [0.25, 0.3) is 0 Å². The van der Waals surface area contributed by atoms with Gasteiger partial charge in [-0.2, -0.15) is 0 Å². The lowest BCUT2D eigenvalue weighted by atomic mass is 10.3. The van der Waals surface area contributed by atoms with Gasteiger partial charge in [0, 0.05) is 18.0 Å². The summed E-state index contributed by atoms with van der Waals surface area (Å²) in [5, 5.41) is 5.31. The number of sulfone groups is 1. The molecule has 2 rings (SSSR count). The third kappa shape index (κ3) is 6.36. The quantitative estimate of drug-likeness (QED) is 0.691. The van der Waals surface area contributed by atoms with Crippen molar-refractivity contribution in [1.82, 2.24) is 4.90 Å². The Morgan fingerprint density at radius 2 is 1.64 bits per heavy atom. The summed E-state index contributed by atoms with van der Waals surface area (Å²) >= 11 is 0. The van der Waals surface area contributed by atoms with Crippen molar-refractivity contribution in [3.05, 3.63) is 48.5 Å². The number of rotatable bonds is 8. The number of methoxy groups -OCH3 is 1. The van der Waals surface area contributed by atoms with E-state index < -0.39 is 15.7 Å². The first kappa shape index (κ1) is 21.4. The van der Waals surface area contributed by atoms with Crippen LogP contribution >= 0.6 is 0 Å². The number of hydrogen-bond donors (Lipinski definition) is 2. The highest BCUT2D eigenvalue weighted by Crippen LogP contribution is 2.20. The van der Waals surface area contributed by atoms with Gasteiger partial charge in [-0.1, -0.05) is 18.2 Å². The van der Waals surface area contributed by atoms with E-state index in [9.17, 15) is 18.0 Å². The van der Waals surface area contributed by atoms with Crippen LogP contribution in [0.4, 0.5) is 11.4 Å². The number of nitrogens with one attached hydrogen (secondary N) is 2. The van der Waals surface area contributed by atoms with Crippen LogP contribution in [0.3, 0.4) is 0 Å². The second-order valence-corrected chi connectivity index (χ2v) is 8.25. The summed E-state index contributed by atoms with van der Waals surface area (Å²) in [6.45, 7) is -0.0953.